The third-order valence-electron chi connectivity index (χ3n) is 3.10. The zero-order chi connectivity index (χ0) is 16.4. The number of nitrogens with zero attached hydrogens (tertiary/aromatic N) is 2. The maximum absolute atomic E-state index is 12.0. The van der Waals surface area contributed by atoms with E-state index in [1.165, 1.54) is 16.0 Å². The van der Waals surface area contributed by atoms with Gasteiger partial charge in [-0.15, -0.1) is 16.4 Å². The molecule has 5 nitrogen and oxygen atoms in total. The molecule has 0 saturated carbocycles. The van der Waals surface area contributed by atoms with Gasteiger partial charge in [0.2, 0.25) is 4.47 Å². The number of ether oxygens (including phenoxy) is 1. The summed E-state index contributed by atoms with van der Waals surface area (Å²) in [6.45, 7) is 10.6. The van der Waals surface area contributed by atoms with Gasteiger partial charge in [-0.2, -0.15) is 0 Å². The number of carbonyl (C=O) groups is 1. The van der Waals surface area contributed by atoms with E-state index in [9.17, 15) is 4.79 Å². The summed E-state index contributed by atoms with van der Waals surface area (Å²) in [6.07, 6.45) is -0.578. The van der Waals surface area contributed by atoms with E-state index in [0.717, 1.165) is 16.3 Å². The summed E-state index contributed by atoms with van der Waals surface area (Å²) >= 11 is 8.25. The molecule has 2 aromatic rings. The van der Waals surface area contributed by atoms with Crippen LogP contribution >= 0.6 is 34.3 Å². The molecule has 0 aliphatic carbocycles. The highest BCUT2D eigenvalue weighted by Gasteiger charge is 2.22. The molecule has 2 rings (SSSR count). The van der Waals surface area contributed by atoms with Gasteiger partial charge in [0.25, 0.3) is 0 Å². The van der Waals surface area contributed by atoms with Crippen LogP contribution in [0.3, 0.4) is 0 Å². The Morgan fingerprint density at radius 3 is 2.27 bits per heavy atom. The van der Waals surface area contributed by atoms with Crippen molar-refractivity contribution in [3.8, 4) is 5.19 Å². The van der Waals surface area contributed by atoms with Crippen molar-refractivity contribution in [1.82, 2.24) is 10.2 Å². The Kier molecular flexibility index (Phi) is 5.41. The van der Waals surface area contributed by atoms with Crippen molar-refractivity contribution in [2.75, 3.05) is 5.32 Å². The summed E-state index contributed by atoms with van der Waals surface area (Å²) in [5.41, 5.74) is 2.47. The van der Waals surface area contributed by atoms with Gasteiger partial charge in [0.15, 0.2) is 0 Å². The van der Waals surface area contributed by atoms with Gasteiger partial charge in [-0.1, -0.05) is 32.8 Å². The summed E-state index contributed by atoms with van der Waals surface area (Å²) in [5, 5.41) is 11.0. The van der Waals surface area contributed by atoms with Gasteiger partial charge in [0.1, 0.15) is 5.00 Å². The van der Waals surface area contributed by atoms with Gasteiger partial charge in [-0.3, -0.25) is 5.32 Å². The third kappa shape index (κ3) is 3.77. The smallest absolute Gasteiger partial charge is 0.380 e. The zero-order valence-corrected chi connectivity index (χ0v) is 15.4. The fourth-order valence-corrected chi connectivity index (χ4v) is 4.40. The quantitative estimate of drug-likeness (QED) is 0.791. The number of rotatable bonds is 4. The van der Waals surface area contributed by atoms with E-state index in [0.29, 0.717) is 11.8 Å². The molecule has 0 aromatic carbocycles. The fraction of sp³-hybridized carbons (Fsp3) is 0.500. The highest BCUT2D eigenvalue weighted by atomic mass is 35.5. The SMILES string of the molecule is Cc1sc(NC(=O)Oc2nnc(Cl)s2)c(C(C)C)c1C(C)C. The minimum absolute atomic E-state index is 0.131. The summed E-state index contributed by atoms with van der Waals surface area (Å²) < 4.78 is 5.34. The molecule has 0 fully saturated rings. The van der Waals surface area contributed by atoms with Crippen molar-refractivity contribution >= 4 is 45.4 Å². The summed E-state index contributed by atoms with van der Waals surface area (Å²) in [7, 11) is 0. The van der Waals surface area contributed by atoms with Crippen molar-refractivity contribution in [3.05, 3.63) is 20.5 Å². The van der Waals surface area contributed by atoms with E-state index < -0.39 is 6.09 Å². The van der Waals surface area contributed by atoms with Crippen LogP contribution in [0.4, 0.5) is 9.80 Å². The van der Waals surface area contributed by atoms with Gasteiger partial charge in [0.05, 0.1) is 0 Å². The molecule has 1 N–H and O–H groups in total. The lowest BCUT2D eigenvalue weighted by molar-refractivity contribution is 0.214. The Labute approximate surface area is 142 Å². The van der Waals surface area contributed by atoms with Crippen LogP contribution in [-0.4, -0.2) is 16.3 Å². The van der Waals surface area contributed by atoms with E-state index in [-0.39, 0.29) is 9.66 Å². The lowest BCUT2D eigenvalue weighted by atomic mass is 9.92. The molecule has 22 heavy (non-hydrogen) atoms. The van der Waals surface area contributed by atoms with Gasteiger partial charge >= 0.3 is 11.3 Å². The minimum atomic E-state index is -0.578. The Morgan fingerprint density at radius 1 is 1.14 bits per heavy atom. The molecular weight excluding hydrogens is 342 g/mol. The van der Waals surface area contributed by atoms with Crippen LogP contribution in [0.5, 0.6) is 5.19 Å². The molecular formula is C14H18ClN3O2S2. The van der Waals surface area contributed by atoms with Crippen molar-refractivity contribution in [2.45, 2.75) is 46.5 Å². The number of aromatic nitrogens is 2. The topological polar surface area (TPSA) is 64.1 Å². The second-order valence-corrected chi connectivity index (χ2v) is 8.21. The molecule has 0 radical (unpaired) electrons. The van der Waals surface area contributed by atoms with Crippen molar-refractivity contribution < 1.29 is 9.53 Å². The number of carbonyl (C=O) groups excluding carboxylic acids is 1. The first kappa shape index (κ1) is 17.2. The Morgan fingerprint density at radius 2 is 1.77 bits per heavy atom. The van der Waals surface area contributed by atoms with Gasteiger partial charge < -0.3 is 4.74 Å². The monoisotopic (exact) mass is 359 g/mol. The normalized spacial score (nSPS) is 11.3. The van der Waals surface area contributed by atoms with Crippen LogP contribution in [-0.2, 0) is 0 Å². The van der Waals surface area contributed by atoms with Crippen LogP contribution in [0, 0.1) is 6.92 Å². The van der Waals surface area contributed by atoms with E-state index in [1.54, 1.807) is 11.3 Å². The largest absolute Gasteiger partial charge is 0.419 e. The predicted molar refractivity (Wildman–Crippen MR) is 91.8 cm³/mol. The molecule has 0 spiro atoms. The molecule has 0 atom stereocenters. The number of hydrogen-bond donors (Lipinski definition) is 1. The minimum Gasteiger partial charge on any atom is -0.380 e. The maximum Gasteiger partial charge on any atom is 0.419 e. The number of halogens is 1. The number of amides is 1. The van der Waals surface area contributed by atoms with Crippen LogP contribution in [0.25, 0.3) is 0 Å². The number of thiophene rings is 1. The van der Waals surface area contributed by atoms with Crippen LogP contribution in [0.15, 0.2) is 0 Å². The second-order valence-electron chi connectivity index (χ2n) is 5.46. The maximum atomic E-state index is 12.0. The Bertz CT molecular complexity index is 680. The number of anilines is 1. The molecule has 2 aromatic heterocycles. The van der Waals surface area contributed by atoms with E-state index >= 15 is 0 Å². The zero-order valence-electron chi connectivity index (χ0n) is 13.1. The molecule has 120 valence electrons. The van der Waals surface area contributed by atoms with E-state index in [4.69, 9.17) is 16.3 Å². The van der Waals surface area contributed by atoms with E-state index in [1.807, 2.05) is 0 Å². The van der Waals surface area contributed by atoms with Crippen molar-refractivity contribution in [3.63, 3.8) is 0 Å². The molecule has 0 saturated heterocycles. The highest BCUT2D eigenvalue weighted by molar-refractivity contribution is 7.17. The molecule has 1 amide bonds. The molecule has 0 bridgehead atoms. The average Bonchev–Trinajstić information content (AvgIpc) is 2.92. The van der Waals surface area contributed by atoms with Crippen LogP contribution < -0.4 is 10.1 Å². The molecule has 0 aliphatic heterocycles. The first-order chi connectivity index (χ1) is 10.3. The molecule has 0 unspecified atom stereocenters. The Hall–Kier alpha value is -1.18. The average molecular weight is 360 g/mol. The van der Waals surface area contributed by atoms with Crippen LogP contribution in [0.1, 0.15) is 55.5 Å². The van der Waals surface area contributed by atoms with Gasteiger partial charge in [0, 0.05) is 4.88 Å². The Balaban J connectivity index is 2.22. The first-order valence-electron chi connectivity index (χ1n) is 6.90. The fourth-order valence-electron chi connectivity index (χ4n) is 2.39. The summed E-state index contributed by atoms with van der Waals surface area (Å²) in [6, 6.07) is 0. The van der Waals surface area contributed by atoms with Crippen LogP contribution in [0.2, 0.25) is 4.47 Å². The summed E-state index contributed by atoms with van der Waals surface area (Å²) in [4.78, 5) is 13.2. The van der Waals surface area contributed by atoms with Crippen molar-refractivity contribution in [1.29, 1.82) is 0 Å². The number of nitrogens with one attached hydrogen (secondary N) is 1. The lowest BCUT2D eigenvalue weighted by Gasteiger charge is -2.14. The van der Waals surface area contributed by atoms with Crippen molar-refractivity contribution in [2.24, 2.45) is 0 Å². The lowest BCUT2D eigenvalue weighted by Crippen LogP contribution is -2.17. The number of aryl methyl sites for hydroxylation is 1. The second kappa shape index (κ2) is 6.93. The van der Waals surface area contributed by atoms with Gasteiger partial charge in [-0.05, 0) is 52.8 Å². The number of hydrogen-bond acceptors (Lipinski definition) is 6. The van der Waals surface area contributed by atoms with Gasteiger partial charge in [-0.25, -0.2) is 4.79 Å². The molecule has 0 aliphatic rings. The highest BCUT2D eigenvalue weighted by Crippen LogP contribution is 2.41. The molecule has 2 heterocycles. The molecule has 8 heteroatoms. The predicted octanol–water partition coefficient (Wildman–Crippen LogP) is 5.42. The van der Waals surface area contributed by atoms with E-state index in [2.05, 4.69) is 50.1 Å². The standard InChI is InChI=1S/C14H18ClN3O2S2/c1-6(2)9-8(5)21-11(10(9)7(3)4)16-13(19)20-14-18-17-12(15)22-14/h6-7H,1-5H3,(H,16,19). The first-order valence-corrected chi connectivity index (χ1v) is 8.91. The summed E-state index contributed by atoms with van der Waals surface area (Å²) in [5.74, 6) is 0.718. The third-order valence-corrected chi connectivity index (χ3v) is 5.05.